The first-order valence-corrected chi connectivity index (χ1v) is 18.1. The Morgan fingerprint density at radius 2 is 1.37 bits per heavy atom. The third kappa shape index (κ3) is 6.29. The molecule has 43 heavy (non-hydrogen) atoms. The largest absolute Gasteiger partial charge is 0.416 e. The summed E-state index contributed by atoms with van der Waals surface area (Å²) in [5.41, 5.74) is -0.0187. The molecule has 2 fully saturated rings. The molecular formula is C34H39F3N2O3Si. The third-order valence-electron chi connectivity index (χ3n) is 8.67. The number of benzene rings is 3. The molecule has 0 unspecified atom stereocenters. The van der Waals surface area contributed by atoms with Gasteiger partial charge in [-0.1, -0.05) is 72.8 Å². The van der Waals surface area contributed by atoms with Crippen molar-refractivity contribution in [1.82, 2.24) is 9.80 Å². The zero-order valence-corrected chi connectivity index (χ0v) is 26.3. The van der Waals surface area contributed by atoms with Crippen LogP contribution in [0.5, 0.6) is 0 Å². The number of carbonyl (C=O) groups excluding carboxylic acids is 2. The topological polar surface area (TPSA) is 49.9 Å². The highest BCUT2D eigenvalue weighted by Gasteiger charge is 2.63. The van der Waals surface area contributed by atoms with E-state index < -0.39 is 37.2 Å². The van der Waals surface area contributed by atoms with Gasteiger partial charge in [-0.2, -0.15) is 13.2 Å². The summed E-state index contributed by atoms with van der Waals surface area (Å²) in [6, 6.07) is 23.7. The summed E-state index contributed by atoms with van der Waals surface area (Å²) >= 11 is 0. The number of hydrogen-bond acceptors (Lipinski definition) is 3. The van der Waals surface area contributed by atoms with Crippen molar-refractivity contribution in [2.24, 2.45) is 5.92 Å². The van der Waals surface area contributed by atoms with Crippen LogP contribution >= 0.6 is 0 Å². The van der Waals surface area contributed by atoms with Gasteiger partial charge in [0, 0.05) is 6.54 Å². The quantitative estimate of drug-likeness (QED) is 0.250. The van der Waals surface area contributed by atoms with Crippen LogP contribution in [-0.4, -0.2) is 47.6 Å². The van der Waals surface area contributed by atoms with Crippen LogP contribution in [0.2, 0.25) is 19.6 Å². The zero-order chi connectivity index (χ0) is 31.2. The van der Waals surface area contributed by atoms with Crippen molar-refractivity contribution >= 4 is 20.1 Å². The lowest BCUT2D eigenvalue weighted by molar-refractivity contribution is -0.186. The molecule has 1 saturated heterocycles. The van der Waals surface area contributed by atoms with E-state index in [0.29, 0.717) is 18.4 Å². The summed E-state index contributed by atoms with van der Waals surface area (Å²) in [6.45, 7) is 10.4. The molecule has 1 heterocycles. The molecule has 0 N–H and O–H groups in total. The van der Waals surface area contributed by atoms with Crippen molar-refractivity contribution in [1.29, 1.82) is 0 Å². The van der Waals surface area contributed by atoms with Crippen molar-refractivity contribution in [3.8, 4) is 0 Å². The fourth-order valence-corrected chi connectivity index (χ4v) is 8.44. The number of rotatable bonds is 8. The van der Waals surface area contributed by atoms with Crippen molar-refractivity contribution in [2.45, 2.75) is 76.2 Å². The monoisotopic (exact) mass is 608 g/mol. The number of alkyl halides is 3. The van der Waals surface area contributed by atoms with Crippen LogP contribution in [-0.2, 0) is 26.7 Å². The summed E-state index contributed by atoms with van der Waals surface area (Å²) in [4.78, 5) is 32.1. The maximum absolute atomic E-state index is 14.8. The van der Waals surface area contributed by atoms with E-state index in [9.17, 15) is 22.8 Å². The van der Waals surface area contributed by atoms with Gasteiger partial charge in [0.1, 0.15) is 12.1 Å². The van der Waals surface area contributed by atoms with Crippen molar-refractivity contribution in [2.75, 3.05) is 6.54 Å². The number of piperazine rings is 1. The second-order valence-electron chi connectivity index (χ2n) is 13.3. The molecule has 2 aliphatic rings. The normalized spacial score (nSPS) is 21.5. The van der Waals surface area contributed by atoms with Crippen LogP contribution < -0.4 is 0 Å². The molecule has 5 rings (SSSR count). The van der Waals surface area contributed by atoms with Crippen LogP contribution in [0.25, 0.3) is 0 Å². The van der Waals surface area contributed by atoms with Crippen LogP contribution in [0.15, 0.2) is 84.9 Å². The Hall–Kier alpha value is -3.43. The summed E-state index contributed by atoms with van der Waals surface area (Å²) in [7, 11) is -1.92. The Morgan fingerprint density at radius 1 is 0.860 bits per heavy atom. The standard InChI is InChI=1S/C34H39F3N2O3Si/c1-32(2,42-43(3,4)5)28-20-33(21-28)31(41)38(30(25-12-8-6-9-13-25)26-14-10-7-11-15-26)23-29(40)39(33)22-24-16-18-27(19-17-24)34(35,36)37/h6-19,28,30H,20-23H2,1-5H3. The van der Waals surface area contributed by atoms with Gasteiger partial charge in [-0.25, -0.2) is 0 Å². The van der Waals surface area contributed by atoms with Gasteiger partial charge in [-0.3, -0.25) is 9.59 Å². The average molecular weight is 609 g/mol. The van der Waals surface area contributed by atoms with E-state index in [1.54, 1.807) is 9.80 Å². The SMILES string of the molecule is CC(C)(O[Si](C)(C)C)C1CC2(C1)C(=O)N(C(c1ccccc1)c1ccccc1)CC(=O)N2Cc1ccc(C(F)(F)F)cc1. The molecule has 5 nitrogen and oxygen atoms in total. The Balaban J connectivity index is 1.53. The van der Waals surface area contributed by atoms with E-state index >= 15 is 0 Å². The van der Waals surface area contributed by atoms with Crippen LogP contribution in [0.4, 0.5) is 13.2 Å². The molecule has 1 spiro atoms. The third-order valence-corrected chi connectivity index (χ3v) is 9.81. The number of nitrogens with zero attached hydrogens (tertiary/aromatic N) is 2. The van der Waals surface area contributed by atoms with E-state index in [1.807, 2.05) is 74.5 Å². The van der Waals surface area contributed by atoms with Gasteiger partial charge in [0.15, 0.2) is 8.32 Å². The highest BCUT2D eigenvalue weighted by Crippen LogP contribution is 2.53. The second kappa shape index (κ2) is 11.2. The lowest BCUT2D eigenvalue weighted by atomic mass is 9.60. The molecule has 0 aromatic heterocycles. The Morgan fingerprint density at radius 3 is 1.84 bits per heavy atom. The molecule has 1 saturated carbocycles. The smallest absolute Gasteiger partial charge is 0.412 e. The van der Waals surface area contributed by atoms with Crippen molar-refractivity contribution in [3.05, 3.63) is 107 Å². The molecule has 228 valence electrons. The molecule has 1 aliphatic heterocycles. The molecule has 2 amide bonds. The minimum absolute atomic E-state index is 0.0259. The van der Waals surface area contributed by atoms with Gasteiger partial charge in [0.05, 0.1) is 17.2 Å². The molecule has 1 aliphatic carbocycles. The Bertz CT molecular complexity index is 1410. The predicted octanol–water partition coefficient (Wildman–Crippen LogP) is 7.44. The number of hydrogen-bond donors (Lipinski definition) is 0. The predicted molar refractivity (Wildman–Crippen MR) is 162 cm³/mol. The van der Waals surface area contributed by atoms with E-state index in [1.165, 1.54) is 12.1 Å². The molecule has 3 aromatic carbocycles. The number of carbonyl (C=O) groups is 2. The van der Waals surface area contributed by atoms with Crippen LogP contribution in [0.3, 0.4) is 0 Å². The van der Waals surface area contributed by atoms with E-state index in [-0.39, 0.29) is 30.8 Å². The summed E-state index contributed by atoms with van der Waals surface area (Å²) in [5, 5.41) is 0. The second-order valence-corrected chi connectivity index (χ2v) is 17.7. The van der Waals surface area contributed by atoms with Gasteiger partial charge in [-0.15, -0.1) is 0 Å². The lowest BCUT2D eigenvalue weighted by Gasteiger charge is -2.61. The maximum atomic E-state index is 14.8. The highest BCUT2D eigenvalue weighted by atomic mass is 28.4. The minimum Gasteiger partial charge on any atom is -0.412 e. The van der Waals surface area contributed by atoms with E-state index in [0.717, 1.165) is 23.3 Å². The lowest BCUT2D eigenvalue weighted by Crippen LogP contribution is -2.74. The van der Waals surface area contributed by atoms with Crippen molar-refractivity contribution < 1.29 is 27.2 Å². The van der Waals surface area contributed by atoms with Gasteiger partial charge >= 0.3 is 6.18 Å². The Kier molecular flexibility index (Phi) is 8.11. The Labute approximate surface area is 252 Å². The molecule has 0 atom stereocenters. The zero-order valence-electron chi connectivity index (χ0n) is 25.3. The molecule has 0 radical (unpaired) electrons. The first-order valence-electron chi connectivity index (χ1n) is 14.7. The average Bonchev–Trinajstić information content (AvgIpc) is 2.90. The molecular weight excluding hydrogens is 569 g/mol. The minimum atomic E-state index is -4.45. The van der Waals surface area contributed by atoms with Gasteiger partial charge < -0.3 is 14.2 Å². The fourth-order valence-electron chi connectivity index (χ4n) is 6.69. The first-order chi connectivity index (χ1) is 20.1. The van der Waals surface area contributed by atoms with Gasteiger partial charge in [-0.05, 0) is 81.1 Å². The van der Waals surface area contributed by atoms with E-state index in [2.05, 4.69) is 19.6 Å². The van der Waals surface area contributed by atoms with Gasteiger partial charge in [0.25, 0.3) is 0 Å². The first kappa shape index (κ1) is 31.0. The van der Waals surface area contributed by atoms with Crippen molar-refractivity contribution in [3.63, 3.8) is 0 Å². The molecule has 9 heteroatoms. The summed E-state index contributed by atoms with van der Waals surface area (Å²) < 4.78 is 46.2. The molecule has 0 bridgehead atoms. The maximum Gasteiger partial charge on any atom is 0.416 e. The van der Waals surface area contributed by atoms with Crippen LogP contribution in [0.1, 0.15) is 55.0 Å². The van der Waals surface area contributed by atoms with E-state index in [4.69, 9.17) is 4.43 Å². The summed E-state index contributed by atoms with van der Waals surface area (Å²) in [6.07, 6.45) is -3.62. The number of amides is 2. The van der Waals surface area contributed by atoms with Crippen LogP contribution in [0, 0.1) is 5.92 Å². The number of halogens is 3. The highest BCUT2D eigenvalue weighted by molar-refractivity contribution is 6.69. The molecule has 3 aromatic rings. The summed E-state index contributed by atoms with van der Waals surface area (Å²) in [5.74, 6) is -0.339. The fraction of sp³-hybridized carbons (Fsp3) is 0.412. The van der Waals surface area contributed by atoms with Gasteiger partial charge in [0.2, 0.25) is 11.8 Å².